The maximum Gasteiger partial charge on any atom is 0.181 e. The molecule has 5 heteroatoms. The molecule has 0 unspecified atom stereocenters. The Hall–Kier alpha value is -3.21. The van der Waals surface area contributed by atoms with Gasteiger partial charge in [0.25, 0.3) is 0 Å². The largest absolute Gasteiger partial charge is 0.381 e. The topological polar surface area (TPSA) is 80.6 Å². The number of hydrogen-bond donors (Lipinski definition) is 2. The number of nitrogens with zero attached hydrogens (tertiary/aromatic N) is 3. The molecule has 2 heterocycles. The summed E-state index contributed by atoms with van der Waals surface area (Å²) in [6.45, 7) is 0. The molecule has 106 valence electrons. The van der Waals surface area contributed by atoms with Crippen LogP contribution >= 0.6 is 0 Å². The molecule has 0 saturated carbocycles. The van der Waals surface area contributed by atoms with Crippen molar-refractivity contribution in [3.8, 4) is 5.82 Å². The van der Waals surface area contributed by atoms with Crippen molar-refractivity contribution < 1.29 is 0 Å². The van der Waals surface area contributed by atoms with Crippen molar-refractivity contribution in [2.75, 3.05) is 0 Å². The molecule has 22 heavy (non-hydrogen) atoms. The van der Waals surface area contributed by atoms with Crippen LogP contribution in [0.15, 0.2) is 60.7 Å². The zero-order valence-electron chi connectivity index (χ0n) is 11.7. The maximum absolute atomic E-state index is 7.79. The van der Waals surface area contributed by atoms with Gasteiger partial charge in [0.05, 0.1) is 16.6 Å². The second-order valence-corrected chi connectivity index (χ2v) is 5.04. The number of nitrogen functional groups attached to an aromatic ring is 1. The lowest BCUT2D eigenvalue weighted by Crippen LogP contribution is -2.18. The van der Waals surface area contributed by atoms with E-state index in [-0.39, 0.29) is 5.84 Å². The van der Waals surface area contributed by atoms with E-state index in [4.69, 9.17) is 11.1 Å². The summed E-state index contributed by atoms with van der Waals surface area (Å²) in [5.41, 5.74) is 8.28. The number of nitrogens with one attached hydrogen (secondary N) is 1. The van der Waals surface area contributed by atoms with Crippen LogP contribution in [0, 0.1) is 5.41 Å². The van der Waals surface area contributed by atoms with Crippen LogP contribution in [0.2, 0.25) is 0 Å². The van der Waals surface area contributed by atoms with Gasteiger partial charge in [-0.15, -0.1) is 0 Å². The van der Waals surface area contributed by atoms with Crippen molar-refractivity contribution in [2.24, 2.45) is 5.73 Å². The Kier molecular flexibility index (Phi) is 2.66. The second-order valence-electron chi connectivity index (χ2n) is 5.04. The minimum atomic E-state index is -0.0776. The number of nitrogens with two attached hydrogens (primary N) is 1. The highest BCUT2D eigenvalue weighted by Gasteiger charge is 2.15. The highest BCUT2D eigenvalue weighted by atomic mass is 15.2. The van der Waals surface area contributed by atoms with Crippen molar-refractivity contribution in [3.05, 3.63) is 66.5 Å². The molecule has 0 saturated heterocycles. The van der Waals surface area contributed by atoms with Gasteiger partial charge < -0.3 is 5.73 Å². The number of fused-ring (bicyclic) bond motifs is 2. The van der Waals surface area contributed by atoms with Gasteiger partial charge >= 0.3 is 0 Å². The minimum absolute atomic E-state index is 0.0776. The summed E-state index contributed by atoms with van der Waals surface area (Å²) in [6, 6.07) is 19.6. The summed E-state index contributed by atoms with van der Waals surface area (Å²) >= 11 is 0. The van der Waals surface area contributed by atoms with Gasteiger partial charge in [0.15, 0.2) is 11.7 Å². The molecule has 0 aliphatic carbocycles. The van der Waals surface area contributed by atoms with E-state index in [2.05, 4.69) is 9.97 Å². The Morgan fingerprint density at radius 3 is 2.41 bits per heavy atom. The normalized spacial score (nSPS) is 11.1. The zero-order chi connectivity index (χ0) is 15.1. The molecular formula is C17H13N5. The highest BCUT2D eigenvalue weighted by Crippen LogP contribution is 2.22. The van der Waals surface area contributed by atoms with E-state index in [0.717, 1.165) is 21.9 Å². The van der Waals surface area contributed by atoms with Crippen LogP contribution < -0.4 is 5.73 Å². The molecule has 2 aromatic heterocycles. The molecule has 0 aliphatic rings. The highest BCUT2D eigenvalue weighted by molar-refractivity contribution is 5.96. The van der Waals surface area contributed by atoms with Crippen LogP contribution in [-0.2, 0) is 0 Å². The first-order valence-electron chi connectivity index (χ1n) is 6.92. The van der Waals surface area contributed by atoms with Crippen LogP contribution in [0.4, 0.5) is 0 Å². The number of benzene rings is 2. The van der Waals surface area contributed by atoms with Gasteiger partial charge in [0.1, 0.15) is 5.82 Å². The van der Waals surface area contributed by atoms with E-state index in [1.807, 2.05) is 65.2 Å². The molecule has 0 spiro atoms. The van der Waals surface area contributed by atoms with Crippen molar-refractivity contribution >= 4 is 27.8 Å². The molecule has 2 aromatic carbocycles. The van der Waals surface area contributed by atoms with Gasteiger partial charge in [-0.3, -0.25) is 9.98 Å². The number of pyridine rings is 1. The Morgan fingerprint density at radius 2 is 1.59 bits per heavy atom. The summed E-state index contributed by atoms with van der Waals surface area (Å²) in [5, 5.41) is 8.86. The Bertz CT molecular complexity index is 1020. The van der Waals surface area contributed by atoms with Crippen LogP contribution in [0.5, 0.6) is 0 Å². The molecular weight excluding hydrogens is 274 g/mol. The fourth-order valence-electron chi connectivity index (χ4n) is 2.62. The van der Waals surface area contributed by atoms with Gasteiger partial charge in [-0.1, -0.05) is 30.3 Å². The molecule has 3 N–H and O–H groups in total. The molecule has 0 radical (unpaired) electrons. The number of rotatable bonds is 2. The quantitative estimate of drug-likeness (QED) is 0.439. The third kappa shape index (κ3) is 1.83. The SMILES string of the molecule is N=C(N)c1nc2ccccc2n1-c1ccc2ccccc2n1. The summed E-state index contributed by atoms with van der Waals surface area (Å²) in [7, 11) is 0. The summed E-state index contributed by atoms with van der Waals surface area (Å²) < 4.78 is 1.82. The lowest BCUT2D eigenvalue weighted by Gasteiger charge is -2.08. The fourth-order valence-corrected chi connectivity index (χ4v) is 2.62. The Balaban J connectivity index is 2.06. The Labute approximate surface area is 126 Å². The molecule has 5 nitrogen and oxygen atoms in total. The van der Waals surface area contributed by atoms with E-state index in [1.54, 1.807) is 0 Å². The fraction of sp³-hybridized carbons (Fsp3) is 0. The van der Waals surface area contributed by atoms with Crippen molar-refractivity contribution in [3.63, 3.8) is 0 Å². The molecule has 0 amide bonds. The number of hydrogen-bond acceptors (Lipinski definition) is 3. The first-order chi connectivity index (χ1) is 10.7. The predicted octanol–water partition coefficient (Wildman–Crippen LogP) is 2.86. The third-order valence-corrected chi connectivity index (χ3v) is 3.61. The molecule has 0 aliphatic heterocycles. The number of aromatic nitrogens is 3. The van der Waals surface area contributed by atoms with Crippen LogP contribution in [0.25, 0.3) is 27.8 Å². The standard InChI is InChI=1S/C17H13N5/c18-16(19)17-21-13-7-3-4-8-14(13)22(17)15-10-9-11-5-1-2-6-12(11)20-15/h1-10H,(H3,18,19). The van der Waals surface area contributed by atoms with E-state index < -0.39 is 0 Å². The smallest absolute Gasteiger partial charge is 0.181 e. The van der Waals surface area contributed by atoms with Crippen LogP contribution in [0.1, 0.15) is 5.82 Å². The lowest BCUT2D eigenvalue weighted by molar-refractivity contribution is 1.01. The summed E-state index contributed by atoms with van der Waals surface area (Å²) in [5.74, 6) is 1.03. The van der Waals surface area contributed by atoms with Crippen molar-refractivity contribution in [2.45, 2.75) is 0 Å². The monoisotopic (exact) mass is 287 g/mol. The molecule has 4 rings (SSSR count). The van der Waals surface area contributed by atoms with Gasteiger partial charge in [-0.05, 0) is 30.3 Å². The number of para-hydroxylation sites is 3. The van der Waals surface area contributed by atoms with Crippen molar-refractivity contribution in [1.82, 2.24) is 14.5 Å². The predicted molar refractivity (Wildman–Crippen MR) is 87.4 cm³/mol. The van der Waals surface area contributed by atoms with Crippen LogP contribution in [0.3, 0.4) is 0 Å². The first-order valence-corrected chi connectivity index (χ1v) is 6.92. The van der Waals surface area contributed by atoms with E-state index in [0.29, 0.717) is 11.6 Å². The van der Waals surface area contributed by atoms with Gasteiger partial charge in [0.2, 0.25) is 0 Å². The summed E-state index contributed by atoms with van der Waals surface area (Å²) in [6.07, 6.45) is 0. The minimum Gasteiger partial charge on any atom is -0.381 e. The Morgan fingerprint density at radius 1 is 0.864 bits per heavy atom. The van der Waals surface area contributed by atoms with Crippen LogP contribution in [-0.4, -0.2) is 20.4 Å². The third-order valence-electron chi connectivity index (χ3n) is 3.61. The van der Waals surface area contributed by atoms with Gasteiger partial charge in [-0.2, -0.15) is 0 Å². The number of imidazole rings is 1. The average molecular weight is 287 g/mol. The van der Waals surface area contributed by atoms with Crippen molar-refractivity contribution in [1.29, 1.82) is 5.41 Å². The molecule has 0 fully saturated rings. The molecule has 4 aromatic rings. The van der Waals surface area contributed by atoms with E-state index >= 15 is 0 Å². The molecule has 0 bridgehead atoms. The average Bonchev–Trinajstić information content (AvgIpc) is 2.94. The van der Waals surface area contributed by atoms with Gasteiger partial charge in [-0.25, -0.2) is 9.97 Å². The maximum atomic E-state index is 7.79. The van der Waals surface area contributed by atoms with Gasteiger partial charge in [0, 0.05) is 5.39 Å². The first kappa shape index (κ1) is 12.5. The summed E-state index contributed by atoms with van der Waals surface area (Å²) in [4.78, 5) is 9.12. The number of amidine groups is 1. The van der Waals surface area contributed by atoms with E-state index in [1.165, 1.54) is 0 Å². The molecule has 0 atom stereocenters. The second kappa shape index (κ2) is 4.66. The van der Waals surface area contributed by atoms with E-state index in [9.17, 15) is 0 Å². The zero-order valence-corrected chi connectivity index (χ0v) is 11.7. The lowest BCUT2D eigenvalue weighted by atomic mass is 10.2.